The first kappa shape index (κ1) is 17.0. The highest BCUT2D eigenvalue weighted by atomic mass is 16.2. The number of hydrogen-bond acceptors (Lipinski definition) is 3. The predicted octanol–water partition coefficient (Wildman–Crippen LogP) is 3.18. The molecular formula is C19H22N4O2. The molecule has 0 unspecified atom stereocenters. The second-order valence-electron chi connectivity index (χ2n) is 6.31. The summed E-state index contributed by atoms with van der Waals surface area (Å²) in [4.78, 5) is 31.9. The van der Waals surface area contributed by atoms with E-state index in [1.54, 1.807) is 23.0 Å². The van der Waals surface area contributed by atoms with Gasteiger partial charge in [-0.15, -0.1) is 0 Å². The normalized spacial score (nSPS) is 13.8. The van der Waals surface area contributed by atoms with Crippen LogP contribution in [-0.2, 0) is 11.3 Å². The fourth-order valence-corrected chi connectivity index (χ4v) is 2.80. The third-order valence-corrected chi connectivity index (χ3v) is 4.20. The van der Waals surface area contributed by atoms with E-state index < -0.39 is 0 Å². The van der Waals surface area contributed by atoms with E-state index in [0.29, 0.717) is 18.7 Å². The molecule has 1 aromatic carbocycles. The summed E-state index contributed by atoms with van der Waals surface area (Å²) in [5.74, 6) is 0.131. The lowest BCUT2D eigenvalue weighted by Crippen LogP contribution is -2.31. The Labute approximate surface area is 147 Å². The van der Waals surface area contributed by atoms with E-state index >= 15 is 0 Å². The van der Waals surface area contributed by atoms with Crippen molar-refractivity contribution in [3.63, 3.8) is 0 Å². The molecule has 0 saturated carbocycles. The highest BCUT2D eigenvalue weighted by molar-refractivity contribution is 5.96. The van der Waals surface area contributed by atoms with E-state index in [0.717, 1.165) is 29.9 Å². The molecular weight excluding hydrogens is 316 g/mol. The molecule has 0 atom stereocenters. The molecule has 1 aliphatic rings. The minimum Gasteiger partial charge on any atom is -0.322 e. The van der Waals surface area contributed by atoms with Crippen LogP contribution in [0.5, 0.6) is 0 Å². The van der Waals surface area contributed by atoms with Gasteiger partial charge in [0.15, 0.2) is 0 Å². The lowest BCUT2D eigenvalue weighted by atomic mass is 10.2. The summed E-state index contributed by atoms with van der Waals surface area (Å²) in [6.07, 6.45) is 3.25. The molecule has 1 aliphatic heterocycles. The van der Waals surface area contributed by atoms with Crippen LogP contribution in [0.25, 0.3) is 0 Å². The summed E-state index contributed by atoms with van der Waals surface area (Å²) < 4.78 is 0. The van der Waals surface area contributed by atoms with Crippen molar-refractivity contribution < 1.29 is 9.59 Å². The number of urea groups is 1. The van der Waals surface area contributed by atoms with Crippen LogP contribution in [0.2, 0.25) is 0 Å². The summed E-state index contributed by atoms with van der Waals surface area (Å²) in [5.41, 5.74) is 3.41. The largest absolute Gasteiger partial charge is 0.322 e. The number of anilines is 2. The Morgan fingerprint density at radius 1 is 1.32 bits per heavy atom. The van der Waals surface area contributed by atoms with Gasteiger partial charge >= 0.3 is 6.03 Å². The molecule has 1 saturated heterocycles. The fourth-order valence-electron chi connectivity index (χ4n) is 2.80. The molecule has 25 heavy (non-hydrogen) atoms. The first-order valence-electron chi connectivity index (χ1n) is 8.37. The van der Waals surface area contributed by atoms with Gasteiger partial charge in [-0.3, -0.25) is 9.78 Å². The lowest BCUT2D eigenvalue weighted by molar-refractivity contribution is -0.117. The third-order valence-electron chi connectivity index (χ3n) is 4.20. The molecule has 3 amide bonds. The van der Waals surface area contributed by atoms with E-state index in [-0.39, 0.29) is 11.9 Å². The number of amides is 3. The number of aryl methyl sites for hydroxylation is 1. The molecule has 0 radical (unpaired) electrons. The monoisotopic (exact) mass is 338 g/mol. The number of carbonyl (C=O) groups is 2. The van der Waals surface area contributed by atoms with Gasteiger partial charge in [-0.1, -0.05) is 12.1 Å². The summed E-state index contributed by atoms with van der Waals surface area (Å²) >= 11 is 0. The number of pyridine rings is 1. The Hall–Kier alpha value is -2.89. The van der Waals surface area contributed by atoms with Gasteiger partial charge in [0.1, 0.15) is 0 Å². The van der Waals surface area contributed by atoms with E-state index in [4.69, 9.17) is 0 Å². The number of nitrogens with zero attached hydrogens (tertiary/aromatic N) is 3. The van der Waals surface area contributed by atoms with Crippen molar-refractivity contribution in [3.8, 4) is 0 Å². The van der Waals surface area contributed by atoms with Crippen molar-refractivity contribution in [2.24, 2.45) is 0 Å². The molecule has 6 nitrogen and oxygen atoms in total. The van der Waals surface area contributed by atoms with Crippen LogP contribution < -0.4 is 10.2 Å². The van der Waals surface area contributed by atoms with Gasteiger partial charge in [0.25, 0.3) is 0 Å². The van der Waals surface area contributed by atoms with Crippen molar-refractivity contribution in [1.29, 1.82) is 0 Å². The number of carbonyl (C=O) groups excluding carboxylic acids is 2. The summed E-state index contributed by atoms with van der Waals surface area (Å²) in [6, 6.07) is 11.1. The van der Waals surface area contributed by atoms with Gasteiger partial charge in [-0.25, -0.2) is 4.79 Å². The Morgan fingerprint density at radius 3 is 2.84 bits per heavy atom. The number of benzene rings is 1. The number of nitrogens with one attached hydrogen (secondary N) is 1. The number of hydrogen-bond donors (Lipinski definition) is 1. The molecule has 2 heterocycles. The Morgan fingerprint density at radius 2 is 2.16 bits per heavy atom. The second kappa shape index (κ2) is 7.34. The minimum atomic E-state index is -0.215. The lowest BCUT2D eigenvalue weighted by Gasteiger charge is -2.19. The Kier molecular flexibility index (Phi) is 4.97. The van der Waals surface area contributed by atoms with Gasteiger partial charge in [-0.2, -0.15) is 0 Å². The highest BCUT2D eigenvalue weighted by Gasteiger charge is 2.22. The molecule has 0 bridgehead atoms. The second-order valence-corrected chi connectivity index (χ2v) is 6.31. The zero-order valence-corrected chi connectivity index (χ0v) is 14.5. The average molecular weight is 338 g/mol. The minimum absolute atomic E-state index is 0.131. The summed E-state index contributed by atoms with van der Waals surface area (Å²) in [5, 5.41) is 2.87. The van der Waals surface area contributed by atoms with E-state index in [9.17, 15) is 9.59 Å². The van der Waals surface area contributed by atoms with Crippen molar-refractivity contribution in [3.05, 3.63) is 53.9 Å². The van der Waals surface area contributed by atoms with Crippen LogP contribution in [-0.4, -0.2) is 35.4 Å². The fraction of sp³-hybridized carbons (Fsp3) is 0.316. The van der Waals surface area contributed by atoms with Crippen LogP contribution >= 0.6 is 0 Å². The molecule has 2 aromatic rings. The van der Waals surface area contributed by atoms with Gasteiger partial charge in [-0.05, 0) is 43.2 Å². The average Bonchev–Trinajstić information content (AvgIpc) is 3.03. The van der Waals surface area contributed by atoms with Crippen LogP contribution in [0.4, 0.5) is 16.2 Å². The maximum Gasteiger partial charge on any atom is 0.321 e. The van der Waals surface area contributed by atoms with Crippen LogP contribution in [0.15, 0.2) is 42.6 Å². The SMILES string of the molecule is Cc1ccc(CN(C)C(=O)Nc2cccc(N3CCCC3=O)c2)nc1. The molecule has 1 aromatic heterocycles. The summed E-state index contributed by atoms with van der Waals surface area (Å²) in [7, 11) is 1.73. The van der Waals surface area contributed by atoms with Gasteiger partial charge in [0, 0.05) is 37.6 Å². The molecule has 1 N–H and O–H groups in total. The third kappa shape index (κ3) is 4.15. The standard InChI is InChI=1S/C19H22N4O2/c1-14-8-9-16(20-12-14)13-22(2)19(25)21-15-5-3-6-17(11-15)23-10-4-7-18(23)24/h3,5-6,8-9,11-12H,4,7,10,13H2,1-2H3,(H,21,25). The Balaban J connectivity index is 1.64. The smallest absolute Gasteiger partial charge is 0.321 e. The first-order valence-corrected chi connectivity index (χ1v) is 8.37. The number of aromatic nitrogens is 1. The van der Waals surface area contributed by atoms with Gasteiger partial charge < -0.3 is 15.1 Å². The van der Waals surface area contributed by atoms with Gasteiger partial charge in [0.05, 0.1) is 12.2 Å². The highest BCUT2D eigenvalue weighted by Crippen LogP contribution is 2.24. The maximum absolute atomic E-state index is 12.4. The van der Waals surface area contributed by atoms with Crippen molar-refractivity contribution in [2.75, 3.05) is 23.8 Å². The van der Waals surface area contributed by atoms with E-state index in [1.165, 1.54) is 0 Å². The van der Waals surface area contributed by atoms with Crippen LogP contribution in [0.3, 0.4) is 0 Å². The molecule has 1 fully saturated rings. The topological polar surface area (TPSA) is 65.5 Å². The molecule has 0 aliphatic carbocycles. The summed E-state index contributed by atoms with van der Waals surface area (Å²) in [6.45, 7) is 3.14. The first-order chi connectivity index (χ1) is 12.0. The quantitative estimate of drug-likeness (QED) is 0.931. The maximum atomic E-state index is 12.4. The van der Waals surface area contributed by atoms with Crippen LogP contribution in [0, 0.1) is 6.92 Å². The Bertz CT molecular complexity index is 773. The molecule has 130 valence electrons. The number of rotatable bonds is 4. The zero-order valence-electron chi connectivity index (χ0n) is 14.5. The van der Waals surface area contributed by atoms with Crippen molar-refractivity contribution >= 4 is 23.3 Å². The zero-order chi connectivity index (χ0) is 17.8. The van der Waals surface area contributed by atoms with Crippen molar-refractivity contribution in [1.82, 2.24) is 9.88 Å². The predicted molar refractivity (Wildman–Crippen MR) is 97.5 cm³/mol. The van der Waals surface area contributed by atoms with E-state index in [2.05, 4.69) is 10.3 Å². The van der Waals surface area contributed by atoms with Crippen LogP contribution in [0.1, 0.15) is 24.1 Å². The molecule has 6 heteroatoms. The van der Waals surface area contributed by atoms with Gasteiger partial charge in [0.2, 0.25) is 5.91 Å². The van der Waals surface area contributed by atoms with Crippen molar-refractivity contribution in [2.45, 2.75) is 26.3 Å². The molecule has 0 spiro atoms. The van der Waals surface area contributed by atoms with E-state index in [1.807, 2.05) is 43.3 Å². The molecule has 3 rings (SSSR count).